The number of fused-ring (bicyclic) bond motifs is 1. The molecule has 0 aliphatic rings. The molecule has 1 aromatic heterocycles. The fourth-order valence-corrected chi connectivity index (χ4v) is 2.26. The number of hydrogen-bond acceptors (Lipinski definition) is 1. The normalized spacial score (nSPS) is 10.9. The van der Waals surface area contributed by atoms with E-state index < -0.39 is 0 Å². The quantitative estimate of drug-likeness (QED) is 0.675. The van der Waals surface area contributed by atoms with E-state index >= 15 is 0 Å². The molecule has 13 heavy (non-hydrogen) atoms. The van der Waals surface area contributed by atoms with Gasteiger partial charge >= 0.3 is 0 Å². The predicted octanol–water partition coefficient (Wildman–Crippen LogP) is 3.63. The van der Waals surface area contributed by atoms with Gasteiger partial charge in [0.25, 0.3) is 0 Å². The van der Waals surface area contributed by atoms with Gasteiger partial charge in [0.2, 0.25) is 0 Å². The van der Waals surface area contributed by atoms with E-state index in [1.807, 2.05) is 0 Å². The Morgan fingerprint density at radius 1 is 1.00 bits per heavy atom. The molecule has 1 aromatic carbocycles. The molecular formula is C12H12S. The van der Waals surface area contributed by atoms with Crippen LogP contribution in [-0.4, -0.2) is 0 Å². The van der Waals surface area contributed by atoms with Crippen molar-refractivity contribution in [3.05, 3.63) is 34.0 Å². The van der Waals surface area contributed by atoms with Crippen LogP contribution in [0.2, 0.25) is 0 Å². The molecular weight excluding hydrogens is 176 g/mol. The average Bonchev–Trinajstić information content (AvgIpc) is 2.62. The molecule has 0 N–H and O–H groups in total. The highest BCUT2D eigenvalue weighted by molar-refractivity contribution is 7.08. The van der Waals surface area contributed by atoms with Crippen LogP contribution in [0, 0.1) is 10.8 Å². The molecule has 0 bridgehead atoms. The van der Waals surface area contributed by atoms with Gasteiger partial charge < -0.3 is 0 Å². The van der Waals surface area contributed by atoms with E-state index in [9.17, 15) is 0 Å². The molecule has 2 rings (SSSR count). The topological polar surface area (TPSA) is 0 Å². The summed E-state index contributed by atoms with van der Waals surface area (Å²) in [4.78, 5) is 0. The number of rotatable bonds is 2. The van der Waals surface area contributed by atoms with Crippen LogP contribution in [0.15, 0.2) is 12.1 Å². The van der Waals surface area contributed by atoms with E-state index in [0.29, 0.717) is 0 Å². The second-order valence-corrected chi connectivity index (χ2v) is 3.79. The van der Waals surface area contributed by atoms with Gasteiger partial charge in [0, 0.05) is 10.8 Å². The smallest absolute Gasteiger partial charge is 0.0534 e. The largest absolute Gasteiger partial charge is 0.132 e. The fourth-order valence-electron chi connectivity index (χ4n) is 1.65. The maximum absolute atomic E-state index is 3.23. The van der Waals surface area contributed by atoms with Gasteiger partial charge in [-0.15, -0.1) is 11.3 Å². The third-order valence-electron chi connectivity index (χ3n) is 2.42. The number of aryl methyl sites for hydroxylation is 2. The third-order valence-corrected chi connectivity index (χ3v) is 3.07. The number of benzene rings is 1. The summed E-state index contributed by atoms with van der Waals surface area (Å²) in [5, 5.41) is 8.91. The van der Waals surface area contributed by atoms with Crippen LogP contribution in [0.3, 0.4) is 0 Å². The molecule has 0 nitrogen and oxygen atoms in total. The van der Waals surface area contributed by atoms with Crippen LogP contribution < -0.4 is 0 Å². The molecule has 1 heterocycles. The Balaban J connectivity index is 2.67. The lowest BCUT2D eigenvalue weighted by Crippen LogP contribution is -1.89. The monoisotopic (exact) mass is 188 g/mol. The molecule has 0 saturated carbocycles. The standard InChI is InChI=1S/C12H12S/c1-3-9-5-11-7-13-8-12(11)6-10(9)4-2/h5-6H,3-4H2,1-2H3. The Kier molecular flexibility index (Phi) is 2.36. The number of hydrogen-bond donors (Lipinski definition) is 0. The van der Waals surface area contributed by atoms with Gasteiger partial charge in [-0.2, -0.15) is 0 Å². The summed E-state index contributed by atoms with van der Waals surface area (Å²) in [5.74, 6) is 0. The van der Waals surface area contributed by atoms with Crippen molar-refractivity contribution in [2.75, 3.05) is 0 Å². The van der Waals surface area contributed by atoms with Crippen molar-refractivity contribution in [3.8, 4) is 0 Å². The lowest BCUT2D eigenvalue weighted by molar-refractivity contribution is 1.04. The molecule has 66 valence electrons. The van der Waals surface area contributed by atoms with Gasteiger partial charge in [0.15, 0.2) is 0 Å². The lowest BCUT2D eigenvalue weighted by Gasteiger charge is -2.05. The van der Waals surface area contributed by atoms with Crippen molar-refractivity contribution in [3.63, 3.8) is 0 Å². The highest BCUT2D eigenvalue weighted by atomic mass is 32.1. The summed E-state index contributed by atoms with van der Waals surface area (Å²) in [5.41, 5.74) is 2.91. The maximum Gasteiger partial charge on any atom is 0.0534 e. The molecule has 0 atom stereocenters. The molecule has 2 radical (unpaired) electrons. The SMILES string of the molecule is CCc1cc2[c]s[c]c2cc1CC. The van der Waals surface area contributed by atoms with Gasteiger partial charge in [-0.05, 0) is 36.1 Å². The summed E-state index contributed by atoms with van der Waals surface area (Å²) in [6, 6.07) is 4.50. The molecule has 0 amide bonds. The third kappa shape index (κ3) is 1.49. The molecule has 0 unspecified atom stereocenters. The zero-order chi connectivity index (χ0) is 9.26. The van der Waals surface area contributed by atoms with Gasteiger partial charge in [-0.3, -0.25) is 0 Å². The van der Waals surface area contributed by atoms with E-state index in [1.165, 1.54) is 21.9 Å². The molecule has 0 aliphatic carbocycles. The molecule has 0 aliphatic heterocycles. The highest BCUT2D eigenvalue weighted by Gasteiger charge is 2.02. The van der Waals surface area contributed by atoms with E-state index in [1.54, 1.807) is 11.3 Å². The van der Waals surface area contributed by atoms with Gasteiger partial charge in [-0.25, -0.2) is 0 Å². The molecule has 0 saturated heterocycles. The summed E-state index contributed by atoms with van der Waals surface area (Å²) in [6.07, 6.45) is 2.23. The van der Waals surface area contributed by atoms with Crippen molar-refractivity contribution in [1.82, 2.24) is 0 Å². The van der Waals surface area contributed by atoms with Gasteiger partial charge in [0.1, 0.15) is 0 Å². The fraction of sp³-hybridized carbons (Fsp3) is 0.333. The predicted molar refractivity (Wildman–Crippen MR) is 58.3 cm³/mol. The van der Waals surface area contributed by atoms with E-state index in [4.69, 9.17) is 0 Å². The summed E-state index contributed by atoms with van der Waals surface area (Å²) in [7, 11) is 0. The Labute approximate surface area is 83.2 Å². The second kappa shape index (κ2) is 3.51. The lowest BCUT2D eigenvalue weighted by atomic mass is 10.00. The number of thiophene rings is 1. The first-order valence-electron chi connectivity index (χ1n) is 4.68. The van der Waals surface area contributed by atoms with Crippen molar-refractivity contribution < 1.29 is 0 Å². The summed E-state index contributed by atoms with van der Waals surface area (Å²) < 4.78 is 0. The molecule has 0 spiro atoms. The zero-order valence-corrected chi connectivity index (χ0v) is 8.79. The van der Waals surface area contributed by atoms with E-state index in [0.717, 1.165) is 12.8 Å². The summed E-state index contributed by atoms with van der Waals surface area (Å²) >= 11 is 1.54. The van der Waals surface area contributed by atoms with Crippen molar-refractivity contribution in [2.45, 2.75) is 26.7 Å². The molecule has 0 fully saturated rings. The first-order valence-corrected chi connectivity index (χ1v) is 5.50. The minimum Gasteiger partial charge on any atom is -0.132 e. The first kappa shape index (κ1) is 8.76. The molecule has 1 heteroatoms. The maximum atomic E-state index is 3.23. The van der Waals surface area contributed by atoms with Crippen molar-refractivity contribution in [1.29, 1.82) is 0 Å². The molecule has 2 aromatic rings. The van der Waals surface area contributed by atoms with E-state index in [2.05, 4.69) is 36.7 Å². The van der Waals surface area contributed by atoms with Crippen LogP contribution >= 0.6 is 11.3 Å². The van der Waals surface area contributed by atoms with Crippen LogP contribution in [0.25, 0.3) is 10.8 Å². The zero-order valence-electron chi connectivity index (χ0n) is 7.98. The van der Waals surface area contributed by atoms with Crippen molar-refractivity contribution in [2.24, 2.45) is 0 Å². The van der Waals surface area contributed by atoms with Crippen LogP contribution in [0.5, 0.6) is 0 Å². The Hall–Kier alpha value is -0.820. The Morgan fingerprint density at radius 3 is 1.85 bits per heavy atom. The van der Waals surface area contributed by atoms with E-state index in [-0.39, 0.29) is 0 Å². The van der Waals surface area contributed by atoms with Gasteiger partial charge in [0.05, 0.1) is 10.8 Å². The van der Waals surface area contributed by atoms with Crippen LogP contribution in [0.1, 0.15) is 25.0 Å². The Bertz CT molecular complexity index is 374. The van der Waals surface area contributed by atoms with Crippen LogP contribution in [0.4, 0.5) is 0 Å². The minimum atomic E-state index is 1.11. The Morgan fingerprint density at radius 2 is 1.46 bits per heavy atom. The second-order valence-electron chi connectivity index (χ2n) is 3.18. The van der Waals surface area contributed by atoms with Crippen molar-refractivity contribution >= 4 is 22.1 Å². The minimum absolute atomic E-state index is 1.11. The summed E-state index contributed by atoms with van der Waals surface area (Å²) in [6.45, 7) is 4.41. The van der Waals surface area contributed by atoms with Gasteiger partial charge in [-0.1, -0.05) is 13.8 Å². The highest BCUT2D eigenvalue weighted by Crippen LogP contribution is 2.23. The van der Waals surface area contributed by atoms with Crippen LogP contribution in [-0.2, 0) is 12.8 Å². The first-order chi connectivity index (χ1) is 6.35. The average molecular weight is 188 g/mol.